The van der Waals surface area contributed by atoms with Gasteiger partial charge in [0.05, 0.1) is 16.3 Å². The van der Waals surface area contributed by atoms with Crippen LogP contribution in [-0.2, 0) is 4.79 Å². The van der Waals surface area contributed by atoms with Crippen LogP contribution < -0.4 is 15.4 Å². The van der Waals surface area contributed by atoms with Crippen LogP contribution in [0.15, 0.2) is 36.4 Å². The van der Waals surface area contributed by atoms with Gasteiger partial charge in [0.25, 0.3) is 17.7 Å². The minimum Gasteiger partial charge on any atom is -0.482 e. The van der Waals surface area contributed by atoms with Crippen LogP contribution >= 0.6 is 11.6 Å². The summed E-state index contributed by atoms with van der Waals surface area (Å²) in [6.07, 6.45) is 0. The van der Waals surface area contributed by atoms with Crippen molar-refractivity contribution in [2.24, 2.45) is 0 Å². The van der Waals surface area contributed by atoms with Gasteiger partial charge in [0, 0.05) is 25.3 Å². The highest BCUT2D eigenvalue weighted by molar-refractivity contribution is 6.34. The monoisotopic (exact) mass is 373 g/mol. The van der Waals surface area contributed by atoms with Crippen molar-refractivity contribution in [1.82, 2.24) is 4.90 Å². The number of rotatable bonds is 3. The molecule has 2 aromatic carbocycles. The first-order valence-electron chi connectivity index (χ1n) is 7.74. The molecule has 2 aromatic rings. The Bertz CT molecular complexity index is 911. The summed E-state index contributed by atoms with van der Waals surface area (Å²) in [6.45, 7) is -0.0920. The first kappa shape index (κ1) is 17.8. The fourth-order valence-electron chi connectivity index (χ4n) is 2.43. The third kappa shape index (κ3) is 3.62. The van der Waals surface area contributed by atoms with Gasteiger partial charge < -0.3 is 20.3 Å². The Morgan fingerprint density at radius 2 is 1.96 bits per heavy atom. The normalized spacial score (nSPS) is 12.5. The number of amides is 3. The van der Waals surface area contributed by atoms with Crippen molar-refractivity contribution >= 4 is 40.7 Å². The molecule has 0 bridgehead atoms. The molecule has 134 valence electrons. The molecule has 0 saturated heterocycles. The number of hydrogen-bond acceptors (Lipinski definition) is 4. The van der Waals surface area contributed by atoms with E-state index in [9.17, 15) is 14.4 Å². The third-order valence-corrected chi connectivity index (χ3v) is 4.07. The Morgan fingerprint density at radius 3 is 2.69 bits per heavy atom. The van der Waals surface area contributed by atoms with Crippen LogP contribution in [0.1, 0.15) is 20.7 Å². The number of carbonyl (C=O) groups is 3. The van der Waals surface area contributed by atoms with Crippen LogP contribution in [0.2, 0.25) is 5.02 Å². The Kier molecular flexibility index (Phi) is 4.81. The Balaban J connectivity index is 1.81. The molecule has 0 aliphatic carbocycles. The van der Waals surface area contributed by atoms with Crippen molar-refractivity contribution in [1.29, 1.82) is 0 Å². The maximum absolute atomic E-state index is 12.5. The Labute approximate surface area is 154 Å². The second-order valence-electron chi connectivity index (χ2n) is 5.90. The predicted octanol–water partition coefficient (Wildman–Crippen LogP) is 2.62. The van der Waals surface area contributed by atoms with Crippen molar-refractivity contribution < 1.29 is 19.1 Å². The highest BCUT2D eigenvalue weighted by atomic mass is 35.5. The number of benzene rings is 2. The summed E-state index contributed by atoms with van der Waals surface area (Å²) in [5.41, 5.74) is 1.61. The molecule has 3 rings (SSSR count). The van der Waals surface area contributed by atoms with E-state index in [-0.39, 0.29) is 24.3 Å². The molecule has 2 N–H and O–H groups in total. The van der Waals surface area contributed by atoms with E-state index in [4.69, 9.17) is 16.3 Å². The molecule has 0 spiro atoms. The van der Waals surface area contributed by atoms with Crippen LogP contribution in [0.3, 0.4) is 0 Å². The fourth-order valence-corrected chi connectivity index (χ4v) is 2.63. The molecular formula is C18H16ClN3O4. The van der Waals surface area contributed by atoms with E-state index >= 15 is 0 Å². The molecule has 0 fully saturated rings. The first-order valence-corrected chi connectivity index (χ1v) is 8.12. The second-order valence-corrected chi connectivity index (χ2v) is 6.30. The Morgan fingerprint density at radius 1 is 1.19 bits per heavy atom. The van der Waals surface area contributed by atoms with Gasteiger partial charge in [-0.2, -0.15) is 0 Å². The van der Waals surface area contributed by atoms with Crippen LogP contribution in [0, 0.1) is 0 Å². The van der Waals surface area contributed by atoms with E-state index in [1.807, 2.05) is 0 Å². The van der Waals surface area contributed by atoms with Gasteiger partial charge in [0.1, 0.15) is 5.75 Å². The lowest BCUT2D eigenvalue weighted by Gasteiger charge is -2.18. The van der Waals surface area contributed by atoms with E-state index in [1.165, 1.54) is 11.0 Å². The first-order chi connectivity index (χ1) is 12.3. The lowest BCUT2D eigenvalue weighted by Crippen LogP contribution is -2.25. The van der Waals surface area contributed by atoms with Crippen LogP contribution in [-0.4, -0.2) is 43.3 Å². The quantitative estimate of drug-likeness (QED) is 0.865. The van der Waals surface area contributed by atoms with Crippen molar-refractivity contribution in [2.75, 3.05) is 31.3 Å². The molecule has 0 atom stereocenters. The van der Waals surface area contributed by atoms with Gasteiger partial charge >= 0.3 is 0 Å². The van der Waals surface area contributed by atoms with E-state index in [0.29, 0.717) is 33.3 Å². The zero-order valence-electron chi connectivity index (χ0n) is 14.1. The zero-order chi connectivity index (χ0) is 18.8. The highest BCUT2D eigenvalue weighted by Crippen LogP contribution is 2.29. The summed E-state index contributed by atoms with van der Waals surface area (Å²) in [7, 11) is 3.24. The summed E-state index contributed by atoms with van der Waals surface area (Å²) >= 11 is 6.07. The van der Waals surface area contributed by atoms with Gasteiger partial charge in [0.2, 0.25) is 0 Å². The maximum atomic E-state index is 12.5. The molecule has 26 heavy (non-hydrogen) atoms. The van der Waals surface area contributed by atoms with Crippen molar-refractivity contribution in [3.63, 3.8) is 0 Å². The molecule has 1 aliphatic rings. The standard InChI is InChI=1S/C18H16ClN3O4/c1-22(2)18(25)12-8-11(4-5-13(12)19)20-17(24)10-3-6-14-15(7-10)26-9-16(23)21-14/h3-8H,9H2,1-2H3,(H,20,24)(H,21,23). The number of carbonyl (C=O) groups excluding carboxylic acids is 3. The van der Waals surface area contributed by atoms with Gasteiger partial charge in [0.15, 0.2) is 6.61 Å². The minimum atomic E-state index is -0.376. The van der Waals surface area contributed by atoms with Crippen LogP contribution in [0.25, 0.3) is 0 Å². The summed E-state index contributed by atoms with van der Waals surface area (Å²) in [5, 5.41) is 5.69. The number of anilines is 2. The minimum absolute atomic E-state index is 0.0920. The van der Waals surface area contributed by atoms with Gasteiger partial charge in [-0.05, 0) is 36.4 Å². The van der Waals surface area contributed by atoms with Gasteiger partial charge in [-0.3, -0.25) is 14.4 Å². The molecule has 0 unspecified atom stereocenters. The average molecular weight is 374 g/mol. The fraction of sp³-hybridized carbons (Fsp3) is 0.167. The Hall–Kier alpha value is -3.06. The number of nitrogens with zero attached hydrogens (tertiary/aromatic N) is 1. The van der Waals surface area contributed by atoms with Crippen LogP contribution in [0.4, 0.5) is 11.4 Å². The molecule has 3 amide bonds. The van der Waals surface area contributed by atoms with Crippen molar-refractivity contribution in [3.05, 3.63) is 52.5 Å². The summed E-state index contributed by atoms with van der Waals surface area (Å²) in [4.78, 5) is 37.3. The molecule has 0 radical (unpaired) electrons. The summed E-state index contributed by atoms with van der Waals surface area (Å²) in [5.74, 6) is -0.450. The second kappa shape index (κ2) is 7.05. The summed E-state index contributed by atoms with van der Waals surface area (Å²) in [6, 6.07) is 9.42. The van der Waals surface area contributed by atoms with Gasteiger partial charge in [-0.15, -0.1) is 0 Å². The van der Waals surface area contributed by atoms with Crippen LogP contribution in [0.5, 0.6) is 5.75 Å². The molecule has 8 heteroatoms. The maximum Gasteiger partial charge on any atom is 0.262 e. The topological polar surface area (TPSA) is 87.7 Å². The molecule has 7 nitrogen and oxygen atoms in total. The van der Waals surface area contributed by atoms with Gasteiger partial charge in [-0.1, -0.05) is 11.6 Å². The number of hydrogen-bond donors (Lipinski definition) is 2. The number of ether oxygens (including phenoxy) is 1. The van der Waals surface area contributed by atoms with Gasteiger partial charge in [-0.25, -0.2) is 0 Å². The van der Waals surface area contributed by atoms with E-state index in [1.54, 1.807) is 44.4 Å². The number of fused-ring (bicyclic) bond motifs is 1. The molecule has 0 aromatic heterocycles. The van der Waals surface area contributed by atoms with E-state index in [2.05, 4.69) is 10.6 Å². The molecule has 0 saturated carbocycles. The molecular weight excluding hydrogens is 358 g/mol. The highest BCUT2D eigenvalue weighted by Gasteiger charge is 2.19. The molecule has 1 heterocycles. The predicted molar refractivity (Wildman–Crippen MR) is 98.0 cm³/mol. The SMILES string of the molecule is CN(C)C(=O)c1cc(NC(=O)c2ccc3c(c2)OCC(=O)N3)ccc1Cl. The largest absolute Gasteiger partial charge is 0.482 e. The number of nitrogens with one attached hydrogen (secondary N) is 2. The number of halogens is 1. The van der Waals surface area contributed by atoms with E-state index in [0.717, 1.165) is 0 Å². The van der Waals surface area contributed by atoms with Crippen molar-refractivity contribution in [2.45, 2.75) is 0 Å². The smallest absolute Gasteiger partial charge is 0.262 e. The third-order valence-electron chi connectivity index (χ3n) is 3.74. The summed E-state index contributed by atoms with van der Waals surface area (Å²) < 4.78 is 5.31. The lowest BCUT2D eigenvalue weighted by molar-refractivity contribution is -0.118. The van der Waals surface area contributed by atoms with E-state index < -0.39 is 0 Å². The molecule has 1 aliphatic heterocycles. The average Bonchev–Trinajstić information content (AvgIpc) is 2.62. The zero-order valence-corrected chi connectivity index (χ0v) is 14.9. The lowest BCUT2D eigenvalue weighted by atomic mass is 10.1. The van der Waals surface area contributed by atoms with Crippen molar-refractivity contribution in [3.8, 4) is 5.75 Å².